The number of aryl methyl sites for hydroxylation is 1. The first-order chi connectivity index (χ1) is 9.65. The lowest BCUT2D eigenvalue weighted by Gasteiger charge is -2.12. The van der Waals surface area contributed by atoms with Gasteiger partial charge in [0.15, 0.2) is 0 Å². The van der Waals surface area contributed by atoms with Crippen molar-refractivity contribution in [2.24, 2.45) is 0 Å². The number of aliphatic hydroxyl groups is 1. The van der Waals surface area contributed by atoms with Crippen molar-refractivity contribution in [3.8, 4) is 0 Å². The van der Waals surface area contributed by atoms with Crippen molar-refractivity contribution < 1.29 is 9.50 Å². The van der Waals surface area contributed by atoms with Gasteiger partial charge in [0, 0.05) is 6.54 Å². The number of benzene rings is 2. The van der Waals surface area contributed by atoms with Gasteiger partial charge < -0.3 is 10.4 Å². The van der Waals surface area contributed by atoms with E-state index in [1.54, 1.807) is 12.1 Å². The summed E-state index contributed by atoms with van der Waals surface area (Å²) in [7, 11) is 0. The topological polar surface area (TPSA) is 32.3 Å². The van der Waals surface area contributed by atoms with E-state index in [0.717, 1.165) is 13.0 Å². The normalized spacial score (nSPS) is 12.3. The lowest BCUT2D eigenvalue weighted by atomic mass is 10.1. The molecule has 3 heteroatoms. The standard InChI is InChI=1S/C17H20FNO/c1-13-4-2-5-14(10-13)8-9-19-12-17(20)15-6-3-7-16(18)11-15/h2-7,10-11,17,19-20H,8-9,12H2,1H3. The van der Waals surface area contributed by atoms with E-state index in [1.807, 2.05) is 6.07 Å². The monoisotopic (exact) mass is 273 g/mol. The number of rotatable bonds is 6. The smallest absolute Gasteiger partial charge is 0.123 e. The molecule has 0 saturated heterocycles. The zero-order valence-corrected chi connectivity index (χ0v) is 11.6. The third kappa shape index (κ3) is 4.44. The van der Waals surface area contributed by atoms with Gasteiger partial charge in [-0.15, -0.1) is 0 Å². The Bertz CT molecular complexity index is 556. The van der Waals surface area contributed by atoms with Gasteiger partial charge in [-0.2, -0.15) is 0 Å². The second kappa shape index (κ2) is 7.17. The summed E-state index contributed by atoms with van der Waals surface area (Å²) in [4.78, 5) is 0. The van der Waals surface area contributed by atoms with Crippen molar-refractivity contribution in [3.63, 3.8) is 0 Å². The number of aliphatic hydroxyl groups excluding tert-OH is 1. The molecule has 0 spiro atoms. The molecule has 0 aliphatic rings. The third-order valence-corrected chi connectivity index (χ3v) is 3.24. The molecule has 0 aliphatic carbocycles. The summed E-state index contributed by atoms with van der Waals surface area (Å²) in [5.74, 6) is -0.318. The molecule has 2 aromatic rings. The van der Waals surface area contributed by atoms with E-state index >= 15 is 0 Å². The lowest BCUT2D eigenvalue weighted by Crippen LogP contribution is -2.23. The highest BCUT2D eigenvalue weighted by Gasteiger charge is 2.07. The van der Waals surface area contributed by atoms with Crippen molar-refractivity contribution in [2.45, 2.75) is 19.4 Å². The second-order valence-corrected chi connectivity index (χ2v) is 5.01. The van der Waals surface area contributed by atoms with Crippen molar-refractivity contribution in [2.75, 3.05) is 13.1 Å². The summed E-state index contributed by atoms with van der Waals surface area (Å²) in [6.07, 6.45) is 0.237. The van der Waals surface area contributed by atoms with E-state index in [1.165, 1.54) is 23.3 Å². The Morgan fingerprint density at radius 3 is 2.70 bits per heavy atom. The Kier molecular flexibility index (Phi) is 5.27. The van der Waals surface area contributed by atoms with E-state index in [-0.39, 0.29) is 5.82 Å². The number of halogens is 1. The largest absolute Gasteiger partial charge is 0.387 e. The molecule has 20 heavy (non-hydrogen) atoms. The van der Waals surface area contributed by atoms with Crippen molar-refractivity contribution in [3.05, 3.63) is 71.0 Å². The summed E-state index contributed by atoms with van der Waals surface area (Å²) in [5.41, 5.74) is 3.13. The molecule has 0 fully saturated rings. The molecule has 1 unspecified atom stereocenters. The van der Waals surface area contributed by atoms with Crippen molar-refractivity contribution in [1.29, 1.82) is 0 Å². The van der Waals surface area contributed by atoms with Crippen LogP contribution in [0.4, 0.5) is 4.39 Å². The van der Waals surface area contributed by atoms with Crippen LogP contribution in [-0.2, 0) is 6.42 Å². The van der Waals surface area contributed by atoms with Gasteiger partial charge in [0.2, 0.25) is 0 Å². The van der Waals surface area contributed by atoms with Gasteiger partial charge in [0.25, 0.3) is 0 Å². The highest BCUT2D eigenvalue weighted by Crippen LogP contribution is 2.13. The summed E-state index contributed by atoms with van der Waals surface area (Å²) >= 11 is 0. The van der Waals surface area contributed by atoms with Crippen molar-refractivity contribution in [1.82, 2.24) is 5.32 Å². The Hall–Kier alpha value is -1.71. The zero-order valence-electron chi connectivity index (χ0n) is 11.6. The number of hydrogen-bond donors (Lipinski definition) is 2. The van der Waals surface area contributed by atoms with Crippen molar-refractivity contribution >= 4 is 0 Å². The van der Waals surface area contributed by atoms with Crippen LogP contribution in [0.25, 0.3) is 0 Å². The maximum atomic E-state index is 13.0. The molecule has 1 atom stereocenters. The van der Waals surface area contributed by atoms with Gasteiger partial charge in [-0.25, -0.2) is 4.39 Å². The second-order valence-electron chi connectivity index (χ2n) is 5.01. The maximum absolute atomic E-state index is 13.0. The SMILES string of the molecule is Cc1cccc(CCNCC(O)c2cccc(F)c2)c1. The fourth-order valence-corrected chi connectivity index (χ4v) is 2.17. The van der Waals surface area contributed by atoms with Crippen LogP contribution in [0.3, 0.4) is 0 Å². The molecule has 2 nitrogen and oxygen atoms in total. The third-order valence-electron chi connectivity index (χ3n) is 3.24. The molecule has 2 rings (SSSR count). The minimum Gasteiger partial charge on any atom is -0.387 e. The zero-order chi connectivity index (χ0) is 14.4. The molecule has 0 heterocycles. The van der Waals surface area contributed by atoms with Crippen LogP contribution in [-0.4, -0.2) is 18.2 Å². The Morgan fingerprint density at radius 1 is 1.15 bits per heavy atom. The quantitative estimate of drug-likeness (QED) is 0.793. The number of nitrogens with one attached hydrogen (secondary N) is 1. The van der Waals surface area contributed by atoms with Crippen LogP contribution in [0.5, 0.6) is 0 Å². The van der Waals surface area contributed by atoms with E-state index in [2.05, 4.69) is 30.4 Å². The van der Waals surface area contributed by atoms with Gasteiger partial charge in [-0.3, -0.25) is 0 Å². The molecule has 106 valence electrons. The Balaban J connectivity index is 1.76. The molecule has 0 bridgehead atoms. The summed E-state index contributed by atoms with van der Waals surface area (Å²) in [6.45, 7) is 3.29. The molecule has 2 aromatic carbocycles. The van der Waals surface area contributed by atoms with Gasteiger partial charge in [-0.05, 0) is 43.1 Å². The van der Waals surface area contributed by atoms with Crippen LogP contribution in [0.15, 0.2) is 48.5 Å². The average Bonchev–Trinajstić information content (AvgIpc) is 2.43. The maximum Gasteiger partial charge on any atom is 0.123 e. The molecule has 0 saturated carbocycles. The first-order valence-electron chi connectivity index (χ1n) is 6.85. The molecule has 0 aliphatic heterocycles. The predicted molar refractivity (Wildman–Crippen MR) is 79.1 cm³/mol. The average molecular weight is 273 g/mol. The van der Waals surface area contributed by atoms with Gasteiger partial charge in [0.05, 0.1) is 6.10 Å². The van der Waals surface area contributed by atoms with E-state index in [4.69, 9.17) is 0 Å². The lowest BCUT2D eigenvalue weighted by molar-refractivity contribution is 0.174. The predicted octanol–water partition coefficient (Wildman–Crippen LogP) is 3.00. The minimum atomic E-state index is -0.678. The molecule has 0 amide bonds. The van der Waals surface area contributed by atoms with Gasteiger partial charge in [-0.1, -0.05) is 42.0 Å². The Morgan fingerprint density at radius 2 is 1.95 bits per heavy atom. The first-order valence-corrected chi connectivity index (χ1v) is 6.85. The van der Waals surface area contributed by atoms with Gasteiger partial charge in [0.1, 0.15) is 5.82 Å². The molecule has 2 N–H and O–H groups in total. The molecular formula is C17H20FNO. The summed E-state index contributed by atoms with van der Waals surface area (Å²) in [5, 5.41) is 13.2. The minimum absolute atomic E-state index is 0.318. The summed E-state index contributed by atoms with van der Waals surface area (Å²) < 4.78 is 13.0. The highest BCUT2D eigenvalue weighted by molar-refractivity contribution is 5.22. The van der Waals surface area contributed by atoms with E-state index in [9.17, 15) is 9.50 Å². The van der Waals surface area contributed by atoms with Crippen LogP contribution in [0, 0.1) is 12.7 Å². The van der Waals surface area contributed by atoms with E-state index < -0.39 is 6.10 Å². The number of hydrogen-bond acceptors (Lipinski definition) is 2. The molecular weight excluding hydrogens is 253 g/mol. The fourth-order valence-electron chi connectivity index (χ4n) is 2.17. The molecule has 0 aromatic heterocycles. The highest BCUT2D eigenvalue weighted by atomic mass is 19.1. The van der Waals surface area contributed by atoms with Crippen LogP contribution >= 0.6 is 0 Å². The Labute approximate surface area is 119 Å². The fraction of sp³-hybridized carbons (Fsp3) is 0.294. The molecule has 0 radical (unpaired) electrons. The van der Waals surface area contributed by atoms with Crippen LogP contribution in [0.2, 0.25) is 0 Å². The first kappa shape index (κ1) is 14.7. The van der Waals surface area contributed by atoms with Gasteiger partial charge >= 0.3 is 0 Å². The summed E-state index contributed by atoms with van der Waals surface area (Å²) in [6, 6.07) is 14.5. The van der Waals surface area contributed by atoms with Crippen LogP contribution < -0.4 is 5.32 Å². The van der Waals surface area contributed by atoms with Crippen LogP contribution in [0.1, 0.15) is 22.8 Å². The van der Waals surface area contributed by atoms with E-state index in [0.29, 0.717) is 12.1 Å².